The quantitative estimate of drug-likeness (QED) is 0.252. The summed E-state index contributed by atoms with van der Waals surface area (Å²) in [5.74, 6) is -0.596. The van der Waals surface area contributed by atoms with Gasteiger partial charge >= 0.3 is 0 Å². The minimum absolute atomic E-state index is 0.154. The highest BCUT2D eigenvalue weighted by Gasteiger charge is 2.20. The fourth-order valence-corrected chi connectivity index (χ4v) is 5.39. The van der Waals surface area contributed by atoms with Gasteiger partial charge in [-0.05, 0) is 89.7 Å². The molecule has 1 amide bonds. The van der Waals surface area contributed by atoms with Gasteiger partial charge in [0.1, 0.15) is 17.0 Å². The molecule has 0 aliphatic rings. The highest BCUT2D eigenvalue weighted by Crippen LogP contribution is 2.42. The SMILES string of the molecule is Cc1cc(CN)cc(C)c1CNC(=O)c1ccc2c(c1)c1oc2c2cc(-c3ccc(F)cc3C#N)ccc21. The zero-order valence-corrected chi connectivity index (χ0v) is 21.0. The molecule has 2 aromatic heterocycles. The number of nitrogens with zero attached hydrogens (tertiary/aromatic N) is 1. The average molecular weight is 502 g/mol. The summed E-state index contributed by atoms with van der Waals surface area (Å²) in [6.07, 6.45) is 0. The summed E-state index contributed by atoms with van der Waals surface area (Å²) in [7, 11) is 0. The Kier molecular flexibility index (Phi) is 5.59. The summed E-state index contributed by atoms with van der Waals surface area (Å²) in [6.45, 7) is 4.99. The molecule has 0 saturated carbocycles. The van der Waals surface area contributed by atoms with E-state index in [2.05, 4.69) is 23.5 Å². The van der Waals surface area contributed by atoms with Crippen LogP contribution < -0.4 is 11.1 Å². The molecular formula is C32H24FN3O2. The van der Waals surface area contributed by atoms with Crippen molar-refractivity contribution in [3.63, 3.8) is 0 Å². The van der Waals surface area contributed by atoms with Crippen molar-refractivity contribution < 1.29 is 13.6 Å². The molecule has 3 N–H and O–H groups in total. The Morgan fingerprint density at radius 2 is 1.61 bits per heavy atom. The second-order valence-corrected chi connectivity index (χ2v) is 9.68. The Bertz CT molecular complexity index is 1910. The van der Waals surface area contributed by atoms with Crippen molar-refractivity contribution in [1.29, 1.82) is 5.26 Å². The van der Waals surface area contributed by atoms with Crippen molar-refractivity contribution in [2.24, 2.45) is 5.73 Å². The van der Waals surface area contributed by atoms with Crippen LogP contribution >= 0.6 is 0 Å². The zero-order valence-electron chi connectivity index (χ0n) is 21.0. The molecule has 0 fully saturated rings. The van der Waals surface area contributed by atoms with E-state index in [9.17, 15) is 14.4 Å². The molecule has 0 unspecified atom stereocenters. The van der Waals surface area contributed by atoms with Gasteiger partial charge in [0.25, 0.3) is 5.91 Å². The molecule has 2 heterocycles. The number of benzene rings is 5. The standard InChI is InChI=1S/C32H24FN3O2/c1-17-9-19(14-34)10-18(2)29(17)16-36-32(37)21-4-7-26-28(13-21)31-25-6-3-20(12-27(25)30(26)38-31)24-8-5-23(33)11-22(24)15-35/h3-13H,14,16,34H2,1-2H3,(H,36,37). The third kappa shape index (κ3) is 3.76. The molecule has 5 nitrogen and oxygen atoms in total. The summed E-state index contributed by atoms with van der Waals surface area (Å²) in [5.41, 5.74) is 13.9. The molecular weight excluding hydrogens is 477 g/mol. The molecule has 4 aromatic carbocycles. The first-order chi connectivity index (χ1) is 18.4. The molecule has 6 aromatic rings. The van der Waals surface area contributed by atoms with Crippen molar-refractivity contribution in [2.75, 3.05) is 0 Å². The van der Waals surface area contributed by atoms with E-state index >= 15 is 0 Å². The average Bonchev–Trinajstić information content (AvgIpc) is 3.49. The monoisotopic (exact) mass is 501 g/mol. The zero-order chi connectivity index (χ0) is 26.6. The highest BCUT2D eigenvalue weighted by molar-refractivity contribution is 6.26. The fourth-order valence-electron chi connectivity index (χ4n) is 5.39. The van der Waals surface area contributed by atoms with Crippen molar-refractivity contribution in [3.05, 3.63) is 106 Å². The number of hydrogen-bond donors (Lipinski definition) is 2. The van der Waals surface area contributed by atoms with E-state index in [1.54, 1.807) is 12.1 Å². The van der Waals surface area contributed by atoms with Crippen LogP contribution in [0.15, 0.2) is 71.1 Å². The van der Waals surface area contributed by atoms with Gasteiger partial charge in [-0.1, -0.05) is 24.3 Å². The number of carbonyl (C=O) groups is 1. The molecule has 38 heavy (non-hydrogen) atoms. The molecule has 0 atom stereocenters. The number of carbonyl (C=O) groups excluding carboxylic acids is 1. The molecule has 0 spiro atoms. The van der Waals surface area contributed by atoms with Gasteiger partial charge in [0, 0.05) is 40.2 Å². The summed E-state index contributed by atoms with van der Waals surface area (Å²) in [4.78, 5) is 13.1. The minimum Gasteiger partial charge on any atom is -0.455 e. The number of nitriles is 1. The molecule has 0 aliphatic heterocycles. The van der Waals surface area contributed by atoms with Crippen molar-refractivity contribution in [3.8, 4) is 17.2 Å². The van der Waals surface area contributed by atoms with Crippen LogP contribution in [0.3, 0.4) is 0 Å². The number of fused-ring (bicyclic) bond motifs is 8. The van der Waals surface area contributed by atoms with Crippen LogP contribution in [0.25, 0.3) is 43.8 Å². The molecule has 0 saturated heterocycles. The van der Waals surface area contributed by atoms with E-state index in [0.29, 0.717) is 24.2 Å². The largest absolute Gasteiger partial charge is 0.455 e. The minimum atomic E-state index is -0.442. The lowest BCUT2D eigenvalue weighted by atomic mass is 9.95. The van der Waals surface area contributed by atoms with Crippen LogP contribution in [-0.4, -0.2) is 5.91 Å². The summed E-state index contributed by atoms with van der Waals surface area (Å²) in [5, 5.41) is 16.2. The Labute approximate surface area is 218 Å². The first kappa shape index (κ1) is 23.7. The lowest BCUT2D eigenvalue weighted by Gasteiger charge is -2.13. The topological polar surface area (TPSA) is 92.0 Å². The molecule has 0 aliphatic carbocycles. The van der Waals surface area contributed by atoms with Gasteiger partial charge in [-0.25, -0.2) is 4.39 Å². The molecule has 2 bridgehead atoms. The summed E-state index contributed by atoms with van der Waals surface area (Å²) >= 11 is 0. The number of halogens is 1. The second kappa shape index (κ2) is 8.98. The van der Waals surface area contributed by atoms with E-state index in [1.807, 2.05) is 44.2 Å². The van der Waals surface area contributed by atoms with Gasteiger partial charge < -0.3 is 15.5 Å². The van der Waals surface area contributed by atoms with E-state index < -0.39 is 5.82 Å². The van der Waals surface area contributed by atoms with Crippen LogP contribution in [0.5, 0.6) is 0 Å². The number of aryl methyl sites for hydroxylation is 2. The van der Waals surface area contributed by atoms with Gasteiger partial charge in [0.2, 0.25) is 0 Å². The van der Waals surface area contributed by atoms with Crippen molar-refractivity contribution in [1.82, 2.24) is 5.32 Å². The van der Waals surface area contributed by atoms with Gasteiger partial charge in [-0.15, -0.1) is 0 Å². The van der Waals surface area contributed by atoms with Crippen LogP contribution in [0.2, 0.25) is 0 Å². The number of hydrogen-bond acceptors (Lipinski definition) is 4. The first-order valence-corrected chi connectivity index (χ1v) is 12.4. The smallest absolute Gasteiger partial charge is 0.251 e. The predicted octanol–water partition coefficient (Wildman–Crippen LogP) is 6.86. The number of furan rings is 2. The van der Waals surface area contributed by atoms with Gasteiger partial charge in [-0.2, -0.15) is 5.26 Å². The summed E-state index contributed by atoms with van der Waals surface area (Å²) in [6, 6.07) is 21.8. The van der Waals surface area contributed by atoms with E-state index in [0.717, 1.165) is 60.5 Å². The lowest BCUT2D eigenvalue weighted by Crippen LogP contribution is -2.23. The van der Waals surface area contributed by atoms with Gasteiger partial charge in [0.05, 0.1) is 11.6 Å². The number of nitrogens with two attached hydrogens (primary N) is 1. The molecule has 0 radical (unpaired) electrons. The van der Waals surface area contributed by atoms with Gasteiger partial charge in [0.15, 0.2) is 0 Å². The Hall–Kier alpha value is -4.73. The van der Waals surface area contributed by atoms with Crippen LogP contribution in [0.4, 0.5) is 4.39 Å². The van der Waals surface area contributed by atoms with E-state index in [1.165, 1.54) is 12.1 Å². The van der Waals surface area contributed by atoms with Crippen LogP contribution in [0.1, 0.15) is 38.2 Å². The molecule has 6 rings (SSSR count). The number of amides is 1. The highest BCUT2D eigenvalue weighted by atomic mass is 19.1. The van der Waals surface area contributed by atoms with Crippen LogP contribution in [0, 0.1) is 31.0 Å². The second-order valence-electron chi connectivity index (χ2n) is 9.68. The van der Waals surface area contributed by atoms with Crippen molar-refractivity contribution >= 4 is 38.6 Å². The maximum Gasteiger partial charge on any atom is 0.251 e. The fraction of sp³-hybridized carbons (Fsp3) is 0.125. The number of nitrogens with one attached hydrogen (secondary N) is 1. The van der Waals surface area contributed by atoms with Gasteiger partial charge in [-0.3, -0.25) is 4.79 Å². The summed E-state index contributed by atoms with van der Waals surface area (Å²) < 4.78 is 19.8. The first-order valence-electron chi connectivity index (χ1n) is 12.4. The Balaban J connectivity index is 1.33. The van der Waals surface area contributed by atoms with Crippen molar-refractivity contribution in [2.45, 2.75) is 26.9 Å². The van der Waals surface area contributed by atoms with Crippen LogP contribution in [-0.2, 0) is 13.1 Å². The predicted molar refractivity (Wildman–Crippen MR) is 147 cm³/mol. The lowest BCUT2D eigenvalue weighted by molar-refractivity contribution is 0.0951. The maximum absolute atomic E-state index is 13.6. The molecule has 6 heteroatoms. The molecule has 186 valence electrons. The third-order valence-electron chi connectivity index (χ3n) is 7.31. The number of rotatable bonds is 5. The third-order valence-corrected chi connectivity index (χ3v) is 7.31. The normalized spacial score (nSPS) is 11.4. The Morgan fingerprint density at radius 3 is 2.29 bits per heavy atom. The maximum atomic E-state index is 13.6. The van der Waals surface area contributed by atoms with E-state index in [-0.39, 0.29) is 11.5 Å². The van der Waals surface area contributed by atoms with E-state index in [4.69, 9.17) is 10.2 Å². The Morgan fingerprint density at radius 1 is 0.921 bits per heavy atom.